The molecular formula is C23H25N9O2. The summed E-state index contributed by atoms with van der Waals surface area (Å²) in [6.07, 6.45) is 4.29. The van der Waals surface area contributed by atoms with Crippen molar-refractivity contribution in [2.45, 2.75) is 33.4 Å². The molecule has 0 fully saturated rings. The van der Waals surface area contributed by atoms with Gasteiger partial charge in [-0.25, -0.2) is 9.97 Å². The number of aryl methyl sites for hydroxylation is 3. The topological polar surface area (TPSA) is 138 Å². The lowest BCUT2D eigenvalue weighted by Crippen LogP contribution is -2.32. The standard InChI is InChI=1S/C23H25N9O2/c1-13-9-19(27-22(26-13)15-5-4-7-24-10-15)32-8-6-18-16(12-32)17(30-31(18)3)11-25-23(34)20-21(33)14(2)28-29-20/h4-5,7,9-10,33H,6,8,11-12H2,1-3H3,(H,25,34)(H,28,29). The number of anilines is 1. The quantitative estimate of drug-likeness (QED) is 0.411. The van der Waals surface area contributed by atoms with E-state index >= 15 is 0 Å². The number of nitrogens with one attached hydrogen (secondary N) is 2. The van der Waals surface area contributed by atoms with E-state index in [0.717, 1.165) is 47.0 Å². The van der Waals surface area contributed by atoms with E-state index in [9.17, 15) is 9.90 Å². The van der Waals surface area contributed by atoms with Gasteiger partial charge in [0.25, 0.3) is 5.91 Å². The molecule has 0 unspecified atom stereocenters. The minimum absolute atomic E-state index is 0.0447. The second-order valence-corrected chi connectivity index (χ2v) is 8.32. The SMILES string of the molecule is Cc1cc(N2CCc3c(c(CNC(=O)c4[nH]nc(C)c4O)nn3C)C2)nc(-c2cccnc2)n1. The molecule has 5 heterocycles. The van der Waals surface area contributed by atoms with Gasteiger partial charge < -0.3 is 15.3 Å². The van der Waals surface area contributed by atoms with Gasteiger partial charge in [-0.1, -0.05) is 0 Å². The Morgan fingerprint density at radius 3 is 2.88 bits per heavy atom. The van der Waals surface area contributed by atoms with Crippen LogP contribution in [0.3, 0.4) is 0 Å². The van der Waals surface area contributed by atoms with Crippen molar-refractivity contribution < 1.29 is 9.90 Å². The highest BCUT2D eigenvalue weighted by Crippen LogP contribution is 2.27. The molecule has 11 heteroatoms. The predicted octanol–water partition coefficient (Wildman–Crippen LogP) is 1.81. The summed E-state index contributed by atoms with van der Waals surface area (Å²) in [5.74, 6) is 0.906. The molecule has 0 radical (unpaired) electrons. The molecule has 0 aromatic carbocycles. The molecule has 0 spiro atoms. The molecule has 5 rings (SSSR count). The molecule has 0 bridgehead atoms. The van der Waals surface area contributed by atoms with Gasteiger partial charge in [0.1, 0.15) is 11.5 Å². The van der Waals surface area contributed by atoms with Crippen LogP contribution in [0.15, 0.2) is 30.6 Å². The van der Waals surface area contributed by atoms with Crippen LogP contribution < -0.4 is 10.2 Å². The number of nitrogens with zero attached hydrogens (tertiary/aromatic N) is 7. The number of aromatic nitrogens is 7. The summed E-state index contributed by atoms with van der Waals surface area (Å²) in [6.45, 7) is 5.23. The summed E-state index contributed by atoms with van der Waals surface area (Å²) < 4.78 is 1.87. The first-order chi connectivity index (χ1) is 16.4. The number of pyridine rings is 1. The monoisotopic (exact) mass is 459 g/mol. The summed E-state index contributed by atoms with van der Waals surface area (Å²) in [6, 6.07) is 5.79. The lowest BCUT2D eigenvalue weighted by Gasteiger charge is -2.29. The van der Waals surface area contributed by atoms with Crippen LogP contribution in [-0.4, -0.2) is 52.5 Å². The first-order valence-corrected chi connectivity index (χ1v) is 11.0. The van der Waals surface area contributed by atoms with Crippen LogP contribution in [0.1, 0.15) is 38.8 Å². The van der Waals surface area contributed by atoms with Crippen molar-refractivity contribution in [3.63, 3.8) is 0 Å². The Morgan fingerprint density at radius 1 is 1.29 bits per heavy atom. The molecular weight excluding hydrogens is 434 g/mol. The fraction of sp³-hybridized carbons (Fsp3) is 0.304. The highest BCUT2D eigenvalue weighted by molar-refractivity contribution is 5.95. The molecule has 0 aliphatic carbocycles. The average Bonchev–Trinajstić information content (AvgIpc) is 3.35. The predicted molar refractivity (Wildman–Crippen MR) is 124 cm³/mol. The zero-order valence-electron chi connectivity index (χ0n) is 19.2. The summed E-state index contributed by atoms with van der Waals surface area (Å²) in [4.78, 5) is 28.3. The fourth-order valence-corrected chi connectivity index (χ4v) is 4.18. The lowest BCUT2D eigenvalue weighted by molar-refractivity contribution is 0.0942. The van der Waals surface area contributed by atoms with Crippen LogP contribution in [-0.2, 0) is 26.6 Å². The van der Waals surface area contributed by atoms with E-state index in [1.807, 2.05) is 36.9 Å². The van der Waals surface area contributed by atoms with Gasteiger partial charge in [0.15, 0.2) is 17.3 Å². The average molecular weight is 460 g/mol. The number of carbonyl (C=O) groups excluding carboxylic acids is 1. The maximum atomic E-state index is 12.5. The second kappa shape index (κ2) is 8.58. The molecule has 174 valence electrons. The zero-order valence-corrected chi connectivity index (χ0v) is 19.2. The molecule has 0 saturated carbocycles. The van der Waals surface area contributed by atoms with Crippen LogP contribution >= 0.6 is 0 Å². The molecule has 34 heavy (non-hydrogen) atoms. The van der Waals surface area contributed by atoms with E-state index in [0.29, 0.717) is 18.1 Å². The highest BCUT2D eigenvalue weighted by atomic mass is 16.3. The molecule has 4 aromatic heterocycles. The first-order valence-electron chi connectivity index (χ1n) is 11.0. The Morgan fingerprint density at radius 2 is 2.15 bits per heavy atom. The Labute approximate surface area is 195 Å². The third-order valence-electron chi connectivity index (χ3n) is 5.97. The van der Waals surface area contributed by atoms with Crippen molar-refractivity contribution in [1.82, 2.24) is 40.2 Å². The second-order valence-electron chi connectivity index (χ2n) is 8.32. The number of rotatable bonds is 5. The van der Waals surface area contributed by atoms with Crippen LogP contribution in [0.5, 0.6) is 5.75 Å². The van der Waals surface area contributed by atoms with Gasteiger partial charge in [0.05, 0.1) is 12.2 Å². The summed E-state index contributed by atoms with van der Waals surface area (Å²) >= 11 is 0. The van der Waals surface area contributed by atoms with Crippen molar-refractivity contribution in [2.75, 3.05) is 11.4 Å². The van der Waals surface area contributed by atoms with Gasteiger partial charge in [-0.3, -0.25) is 19.6 Å². The number of amides is 1. The third-order valence-corrected chi connectivity index (χ3v) is 5.97. The van der Waals surface area contributed by atoms with Crippen molar-refractivity contribution in [3.8, 4) is 17.1 Å². The maximum Gasteiger partial charge on any atom is 0.273 e. The molecule has 1 aliphatic rings. The summed E-state index contributed by atoms with van der Waals surface area (Å²) in [5, 5.41) is 23.9. The maximum absolute atomic E-state index is 12.5. The number of H-pyrrole nitrogens is 1. The van der Waals surface area contributed by atoms with Crippen molar-refractivity contribution in [3.05, 3.63) is 64.6 Å². The molecule has 0 atom stereocenters. The smallest absolute Gasteiger partial charge is 0.273 e. The normalized spacial score (nSPS) is 13.1. The van der Waals surface area contributed by atoms with Gasteiger partial charge in [-0.05, 0) is 26.0 Å². The molecule has 1 amide bonds. The van der Waals surface area contributed by atoms with Crippen LogP contribution in [0.2, 0.25) is 0 Å². The molecule has 4 aromatic rings. The van der Waals surface area contributed by atoms with Crippen molar-refractivity contribution >= 4 is 11.7 Å². The van der Waals surface area contributed by atoms with Gasteiger partial charge in [-0.2, -0.15) is 10.2 Å². The van der Waals surface area contributed by atoms with Crippen LogP contribution in [0, 0.1) is 13.8 Å². The fourth-order valence-electron chi connectivity index (χ4n) is 4.18. The van der Waals surface area contributed by atoms with E-state index in [-0.39, 0.29) is 18.0 Å². The van der Waals surface area contributed by atoms with Crippen LogP contribution in [0.4, 0.5) is 5.82 Å². The minimum atomic E-state index is -0.433. The number of carbonyl (C=O) groups is 1. The summed E-state index contributed by atoms with van der Waals surface area (Å²) in [5.41, 5.74) is 5.15. The van der Waals surface area contributed by atoms with Gasteiger partial charge in [0, 0.05) is 67.5 Å². The highest BCUT2D eigenvalue weighted by Gasteiger charge is 2.26. The molecule has 11 nitrogen and oxygen atoms in total. The number of hydrogen-bond acceptors (Lipinski definition) is 8. The van der Waals surface area contributed by atoms with E-state index in [2.05, 4.69) is 35.5 Å². The third kappa shape index (κ3) is 3.96. The number of fused-ring (bicyclic) bond motifs is 1. The number of hydrogen-bond donors (Lipinski definition) is 3. The van der Waals surface area contributed by atoms with Crippen molar-refractivity contribution in [1.29, 1.82) is 0 Å². The number of aromatic amines is 1. The van der Waals surface area contributed by atoms with Gasteiger partial charge in [-0.15, -0.1) is 0 Å². The van der Waals surface area contributed by atoms with Crippen LogP contribution in [0.25, 0.3) is 11.4 Å². The van der Waals surface area contributed by atoms with E-state index in [1.165, 1.54) is 0 Å². The lowest BCUT2D eigenvalue weighted by atomic mass is 10.0. The van der Waals surface area contributed by atoms with E-state index in [4.69, 9.17) is 4.98 Å². The minimum Gasteiger partial charge on any atom is -0.504 e. The Balaban J connectivity index is 1.38. The molecule has 3 N–H and O–H groups in total. The van der Waals surface area contributed by atoms with Crippen molar-refractivity contribution in [2.24, 2.45) is 7.05 Å². The van der Waals surface area contributed by atoms with E-state index < -0.39 is 5.91 Å². The Hall–Kier alpha value is -4.28. The Kier molecular flexibility index (Phi) is 5.44. The van der Waals surface area contributed by atoms with Gasteiger partial charge >= 0.3 is 0 Å². The first kappa shape index (κ1) is 21.6. The number of aromatic hydroxyl groups is 1. The molecule has 1 aliphatic heterocycles. The molecule has 0 saturated heterocycles. The largest absolute Gasteiger partial charge is 0.504 e. The Bertz CT molecular complexity index is 1360. The summed E-state index contributed by atoms with van der Waals surface area (Å²) in [7, 11) is 1.92. The zero-order chi connectivity index (χ0) is 23.8. The van der Waals surface area contributed by atoms with Gasteiger partial charge in [0.2, 0.25) is 0 Å². The van der Waals surface area contributed by atoms with E-state index in [1.54, 1.807) is 19.3 Å².